The fourth-order valence-electron chi connectivity index (χ4n) is 4.33. The van der Waals surface area contributed by atoms with Crippen LogP contribution in [0.5, 0.6) is 0 Å². The Labute approximate surface area is 184 Å². The van der Waals surface area contributed by atoms with Crippen molar-refractivity contribution in [3.8, 4) is 11.3 Å². The first-order chi connectivity index (χ1) is 15.5. The van der Waals surface area contributed by atoms with Gasteiger partial charge in [-0.1, -0.05) is 48.5 Å². The van der Waals surface area contributed by atoms with E-state index in [1.807, 2.05) is 79.1 Å². The predicted octanol–water partition coefficient (Wildman–Crippen LogP) is 5.40. The zero-order chi connectivity index (χ0) is 22.4. The van der Waals surface area contributed by atoms with Gasteiger partial charge in [0.1, 0.15) is 11.3 Å². The molecular formula is C27H22N2O3. The maximum absolute atomic E-state index is 13.3. The monoisotopic (exact) mass is 422 g/mol. The molecule has 0 spiro atoms. The Hall–Kier alpha value is -3.99. The summed E-state index contributed by atoms with van der Waals surface area (Å²) in [6.45, 7) is 5.80. The molecule has 1 atom stereocenters. The van der Waals surface area contributed by atoms with Crippen LogP contribution < -0.4 is 11.0 Å². The summed E-state index contributed by atoms with van der Waals surface area (Å²) in [4.78, 5) is 29.6. The van der Waals surface area contributed by atoms with E-state index in [-0.39, 0.29) is 17.0 Å². The first-order valence-electron chi connectivity index (χ1n) is 10.5. The van der Waals surface area contributed by atoms with Crippen LogP contribution in [-0.4, -0.2) is 9.55 Å². The van der Waals surface area contributed by atoms with Gasteiger partial charge in [0.15, 0.2) is 5.43 Å². The van der Waals surface area contributed by atoms with Crippen molar-refractivity contribution in [1.29, 1.82) is 0 Å². The Balaban J connectivity index is 1.82. The SMILES string of the molecule is Cc1cc([C@@H](C)n2cnc(=O)c3ccccc32)c2oc(-c3ccccc3)c(C)c(=O)c2c1. The van der Waals surface area contributed by atoms with Crippen LogP contribution in [0.1, 0.15) is 29.7 Å². The van der Waals surface area contributed by atoms with Gasteiger partial charge in [-0.25, -0.2) is 0 Å². The number of aryl methyl sites for hydroxylation is 1. The second kappa shape index (κ2) is 7.61. The molecule has 0 saturated heterocycles. The van der Waals surface area contributed by atoms with Gasteiger partial charge in [0.25, 0.3) is 5.56 Å². The van der Waals surface area contributed by atoms with Crippen LogP contribution in [0.15, 0.2) is 87.1 Å². The Morgan fingerprint density at radius 1 is 0.906 bits per heavy atom. The van der Waals surface area contributed by atoms with Gasteiger partial charge in [-0.05, 0) is 44.5 Å². The van der Waals surface area contributed by atoms with Crippen molar-refractivity contribution in [2.45, 2.75) is 26.8 Å². The van der Waals surface area contributed by atoms with E-state index < -0.39 is 0 Å². The number of hydrogen-bond acceptors (Lipinski definition) is 4. The smallest absolute Gasteiger partial charge is 0.280 e. The lowest BCUT2D eigenvalue weighted by atomic mass is 9.98. The highest BCUT2D eigenvalue weighted by atomic mass is 16.3. The van der Waals surface area contributed by atoms with Crippen LogP contribution in [0.3, 0.4) is 0 Å². The second-order valence-electron chi connectivity index (χ2n) is 8.13. The molecule has 2 aromatic heterocycles. The van der Waals surface area contributed by atoms with Gasteiger partial charge in [-0.2, -0.15) is 4.98 Å². The molecular weight excluding hydrogens is 400 g/mol. The molecule has 0 aliphatic heterocycles. The van der Waals surface area contributed by atoms with Crippen LogP contribution in [0.25, 0.3) is 33.2 Å². The Bertz CT molecular complexity index is 1600. The molecule has 0 fully saturated rings. The second-order valence-corrected chi connectivity index (χ2v) is 8.13. The highest BCUT2D eigenvalue weighted by molar-refractivity contribution is 5.85. The maximum atomic E-state index is 13.3. The highest BCUT2D eigenvalue weighted by Crippen LogP contribution is 2.32. The molecule has 2 heterocycles. The highest BCUT2D eigenvalue weighted by Gasteiger charge is 2.20. The van der Waals surface area contributed by atoms with Crippen molar-refractivity contribution in [1.82, 2.24) is 9.55 Å². The zero-order valence-corrected chi connectivity index (χ0v) is 18.1. The topological polar surface area (TPSA) is 65.1 Å². The van der Waals surface area contributed by atoms with Gasteiger partial charge < -0.3 is 8.98 Å². The van der Waals surface area contributed by atoms with Gasteiger partial charge in [0, 0.05) is 16.7 Å². The Morgan fingerprint density at radius 2 is 1.62 bits per heavy atom. The number of benzene rings is 3. The van der Waals surface area contributed by atoms with Crippen molar-refractivity contribution in [3.05, 3.63) is 110 Å². The van der Waals surface area contributed by atoms with E-state index >= 15 is 0 Å². The molecule has 0 bridgehead atoms. The summed E-state index contributed by atoms with van der Waals surface area (Å²) in [7, 11) is 0. The molecule has 5 heteroatoms. The Morgan fingerprint density at radius 3 is 2.41 bits per heavy atom. The number of fused-ring (bicyclic) bond motifs is 2. The first-order valence-corrected chi connectivity index (χ1v) is 10.5. The van der Waals surface area contributed by atoms with E-state index in [0.29, 0.717) is 27.7 Å². The predicted molar refractivity (Wildman–Crippen MR) is 127 cm³/mol. The van der Waals surface area contributed by atoms with E-state index in [2.05, 4.69) is 4.98 Å². The number of nitrogens with zero attached hydrogens (tertiary/aromatic N) is 2. The number of aromatic nitrogens is 2. The van der Waals surface area contributed by atoms with E-state index in [1.165, 1.54) is 0 Å². The standard InChI is InChI=1S/C27H22N2O3/c1-16-13-21(18(3)29-15-28-27(31)20-11-7-8-12-23(20)29)26-22(14-16)24(30)17(2)25(32-26)19-9-5-4-6-10-19/h4-15,18H,1-3H3/t18-/m1/s1. The third-order valence-corrected chi connectivity index (χ3v) is 6.01. The van der Waals surface area contributed by atoms with Crippen LogP contribution in [0, 0.1) is 13.8 Å². The number of rotatable bonds is 3. The lowest BCUT2D eigenvalue weighted by molar-refractivity contribution is 0.586. The lowest BCUT2D eigenvalue weighted by Crippen LogP contribution is -2.17. The van der Waals surface area contributed by atoms with Gasteiger partial charge in [0.2, 0.25) is 0 Å². The summed E-state index contributed by atoms with van der Waals surface area (Å²) in [6, 6.07) is 20.8. The molecule has 0 aliphatic rings. The van der Waals surface area contributed by atoms with E-state index in [9.17, 15) is 9.59 Å². The van der Waals surface area contributed by atoms with Gasteiger partial charge >= 0.3 is 0 Å². The maximum Gasteiger partial charge on any atom is 0.280 e. The van der Waals surface area contributed by atoms with Gasteiger partial charge in [-0.15, -0.1) is 0 Å². The summed E-state index contributed by atoms with van der Waals surface area (Å²) in [5.41, 5.74) is 4.33. The van der Waals surface area contributed by atoms with Crippen LogP contribution in [-0.2, 0) is 0 Å². The minimum absolute atomic E-state index is 0.0369. The molecule has 158 valence electrons. The van der Waals surface area contributed by atoms with Crippen LogP contribution >= 0.6 is 0 Å². The average molecular weight is 422 g/mol. The Kier molecular flexibility index (Phi) is 4.74. The third-order valence-electron chi connectivity index (χ3n) is 6.01. The summed E-state index contributed by atoms with van der Waals surface area (Å²) in [6.07, 6.45) is 1.56. The summed E-state index contributed by atoms with van der Waals surface area (Å²) in [5, 5.41) is 1.11. The summed E-state index contributed by atoms with van der Waals surface area (Å²) in [5.74, 6) is 0.572. The van der Waals surface area contributed by atoms with Gasteiger partial charge in [-0.3, -0.25) is 9.59 Å². The van der Waals surface area contributed by atoms with E-state index in [1.54, 1.807) is 19.3 Å². The van der Waals surface area contributed by atoms with Gasteiger partial charge in [0.05, 0.1) is 28.7 Å². The molecule has 0 aliphatic carbocycles. The first kappa shape index (κ1) is 19.9. The molecule has 5 aromatic rings. The number of hydrogen-bond donors (Lipinski definition) is 0. The fraction of sp³-hybridized carbons (Fsp3) is 0.148. The molecule has 5 nitrogen and oxygen atoms in total. The number of para-hydroxylation sites is 1. The minimum Gasteiger partial charge on any atom is -0.455 e. The molecule has 0 unspecified atom stereocenters. The van der Waals surface area contributed by atoms with Crippen LogP contribution in [0.4, 0.5) is 0 Å². The van der Waals surface area contributed by atoms with Crippen LogP contribution in [0.2, 0.25) is 0 Å². The summed E-state index contributed by atoms with van der Waals surface area (Å²) >= 11 is 0. The molecule has 0 radical (unpaired) electrons. The normalized spacial score (nSPS) is 12.3. The fourth-order valence-corrected chi connectivity index (χ4v) is 4.33. The van der Waals surface area contributed by atoms with E-state index in [0.717, 1.165) is 22.2 Å². The molecule has 32 heavy (non-hydrogen) atoms. The molecule has 0 N–H and O–H groups in total. The molecule has 5 rings (SSSR count). The minimum atomic E-state index is -0.258. The third kappa shape index (κ3) is 3.14. The largest absolute Gasteiger partial charge is 0.455 e. The van der Waals surface area contributed by atoms with E-state index in [4.69, 9.17) is 4.42 Å². The molecule has 0 amide bonds. The quantitative estimate of drug-likeness (QED) is 0.391. The van der Waals surface area contributed by atoms with Crippen molar-refractivity contribution < 1.29 is 4.42 Å². The summed E-state index contributed by atoms with van der Waals surface area (Å²) < 4.78 is 8.38. The van der Waals surface area contributed by atoms with Crippen molar-refractivity contribution in [2.24, 2.45) is 0 Å². The van der Waals surface area contributed by atoms with Crippen molar-refractivity contribution in [3.63, 3.8) is 0 Å². The van der Waals surface area contributed by atoms with Crippen molar-refractivity contribution >= 4 is 21.9 Å². The molecule has 3 aromatic carbocycles. The van der Waals surface area contributed by atoms with Crippen molar-refractivity contribution in [2.75, 3.05) is 0 Å². The molecule has 0 saturated carbocycles. The average Bonchev–Trinajstić information content (AvgIpc) is 2.82. The zero-order valence-electron chi connectivity index (χ0n) is 18.1. The lowest BCUT2D eigenvalue weighted by Gasteiger charge is -2.20.